The monoisotopic (exact) mass is 651 g/mol. The highest BCUT2D eigenvalue weighted by Crippen LogP contribution is 2.39. The Morgan fingerprint density at radius 2 is 0.902 bits per heavy atom. The van der Waals surface area contributed by atoms with E-state index in [2.05, 4.69) is 133 Å². The van der Waals surface area contributed by atoms with Crippen LogP contribution in [-0.2, 0) is 0 Å². The summed E-state index contributed by atoms with van der Waals surface area (Å²) in [5, 5.41) is 6.64. The topological polar surface area (TPSA) is 51.8 Å². The van der Waals surface area contributed by atoms with Gasteiger partial charge in [0, 0.05) is 27.5 Å². The standard InChI is InChI=1S/C47H29N3O/c1-3-11-30(12-4-1)34-23-21-31-22-24-35(28-37(31)27-34)36-25-26-42-41(29-36)44-40(19-10-20-43(44)51-42)47-49-45(33-14-5-2-6-15-33)48-46(50-47)39-18-9-16-32-13-7-8-17-38(32)39/h1-29H. The lowest BCUT2D eigenvalue weighted by atomic mass is 9.96. The van der Waals surface area contributed by atoms with Gasteiger partial charge in [0.25, 0.3) is 0 Å². The smallest absolute Gasteiger partial charge is 0.164 e. The molecule has 0 fully saturated rings. The quantitative estimate of drug-likeness (QED) is 0.186. The fraction of sp³-hybridized carbons (Fsp3) is 0. The molecule has 51 heavy (non-hydrogen) atoms. The summed E-state index contributed by atoms with van der Waals surface area (Å²) in [6, 6.07) is 61.2. The van der Waals surface area contributed by atoms with E-state index in [0.29, 0.717) is 17.5 Å². The first-order valence-corrected chi connectivity index (χ1v) is 17.1. The van der Waals surface area contributed by atoms with Crippen molar-refractivity contribution in [3.63, 3.8) is 0 Å². The molecule has 0 aliphatic carbocycles. The first-order valence-electron chi connectivity index (χ1n) is 17.1. The molecular formula is C47H29N3O. The fourth-order valence-electron chi connectivity index (χ4n) is 7.18. The molecule has 0 bridgehead atoms. The molecule has 4 heteroatoms. The van der Waals surface area contributed by atoms with E-state index in [0.717, 1.165) is 60.5 Å². The van der Waals surface area contributed by atoms with Gasteiger partial charge in [0.05, 0.1) is 0 Å². The second-order valence-corrected chi connectivity index (χ2v) is 12.8. The average molecular weight is 652 g/mol. The Morgan fingerprint density at radius 3 is 1.71 bits per heavy atom. The molecule has 0 N–H and O–H groups in total. The van der Waals surface area contributed by atoms with E-state index in [4.69, 9.17) is 19.4 Å². The predicted molar refractivity (Wildman–Crippen MR) is 209 cm³/mol. The van der Waals surface area contributed by atoms with Crippen LogP contribution in [0.4, 0.5) is 0 Å². The van der Waals surface area contributed by atoms with Gasteiger partial charge in [-0.05, 0) is 74.1 Å². The Kier molecular flexibility index (Phi) is 6.78. The maximum atomic E-state index is 6.46. The average Bonchev–Trinajstić information content (AvgIpc) is 3.59. The molecule has 0 aliphatic heterocycles. The number of aromatic nitrogens is 3. The van der Waals surface area contributed by atoms with Gasteiger partial charge in [-0.1, -0.05) is 146 Å². The van der Waals surface area contributed by atoms with Crippen molar-refractivity contribution in [1.82, 2.24) is 15.0 Å². The number of hydrogen-bond acceptors (Lipinski definition) is 4. The van der Waals surface area contributed by atoms with E-state index < -0.39 is 0 Å². The number of hydrogen-bond donors (Lipinski definition) is 0. The second kappa shape index (κ2) is 11.9. The van der Waals surface area contributed by atoms with Gasteiger partial charge >= 0.3 is 0 Å². The largest absolute Gasteiger partial charge is 0.456 e. The minimum Gasteiger partial charge on any atom is -0.456 e. The molecule has 8 aromatic carbocycles. The molecule has 0 unspecified atom stereocenters. The summed E-state index contributed by atoms with van der Waals surface area (Å²) < 4.78 is 6.46. The summed E-state index contributed by atoms with van der Waals surface area (Å²) in [6.45, 7) is 0. The Labute approximate surface area is 294 Å². The van der Waals surface area contributed by atoms with Gasteiger partial charge in [-0.2, -0.15) is 0 Å². The van der Waals surface area contributed by atoms with Crippen LogP contribution in [0.25, 0.3) is 99.9 Å². The maximum absolute atomic E-state index is 6.46. The van der Waals surface area contributed by atoms with Crippen LogP contribution < -0.4 is 0 Å². The second-order valence-electron chi connectivity index (χ2n) is 12.8. The number of rotatable bonds is 5. The van der Waals surface area contributed by atoms with E-state index in [9.17, 15) is 0 Å². The highest BCUT2D eigenvalue weighted by molar-refractivity contribution is 6.13. The predicted octanol–water partition coefficient (Wildman–Crippen LogP) is 12.4. The number of nitrogens with zero attached hydrogens (tertiary/aromatic N) is 3. The van der Waals surface area contributed by atoms with E-state index in [1.165, 1.54) is 21.9 Å². The summed E-state index contributed by atoms with van der Waals surface area (Å²) in [5.41, 5.74) is 9.08. The molecule has 0 atom stereocenters. The lowest BCUT2D eigenvalue weighted by Gasteiger charge is -2.11. The van der Waals surface area contributed by atoms with Crippen molar-refractivity contribution in [3.8, 4) is 56.4 Å². The lowest BCUT2D eigenvalue weighted by molar-refractivity contribution is 0.669. The van der Waals surface area contributed by atoms with Crippen molar-refractivity contribution < 1.29 is 4.42 Å². The molecule has 2 aromatic heterocycles. The zero-order chi connectivity index (χ0) is 33.7. The summed E-state index contributed by atoms with van der Waals surface area (Å²) in [4.78, 5) is 15.3. The van der Waals surface area contributed by atoms with Gasteiger partial charge in [-0.3, -0.25) is 0 Å². The van der Waals surface area contributed by atoms with Crippen molar-refractivity contribution in [2.45, 2.75) is 0 Å². The van der Waals surface area contributed by atoms with Gasteiger partial charge in [0.2, 0.25) is 0 Å². The summed E-state index contributed by atoms with van der Waals surface area (Å²) >= 11 is 0. The normalized spacial score (nSPS) is 11.5. The third-order valence-corrected chi connectivity index (χ3v) is 9.71. The minimum atomic E-state index is 0.602. The van der Waals surface area contributed by atoms with Crippen molar-refractivity contribution in [2.24, 2.45) is 0 Å². The molecule has 0 saturated heterocycles. The zero-order valence-electron chi connectivity index (χ0n) is 27.5. The highest BCUT2D eigenvalue weighted by atomic mass is 16.3. The Hall–Kier alpha value is -6.91. The Bertz CT molecular complexity index is 2910. The van der Waals surface area contributed by atoms with Crippen LogP contribution in [0.2, 0.25) is 0 Å². The van der Waals surface area contributed by atoms with Gasteiger partial charge in [0.15, 0.2) is 17.5 Å². The van der Waals surface area contributed by atoms with Gasteiger partial charge in [0.1, 0.15) is 11.2 Å². The van der Waals surface area contributed by atoms with E-state index in [1.54, 1.807) is 0 Å². The molecule has 10 aromatic rings. The molecule has 2 heterocycles. The van der Waals surface area contributed by atoms with Gasteiger partial charge < -0.3 is 4.42 Å². The summed E-state index contributed by atoms with van der Waals surface area (Å²) in [7, 11) is 0. The van der Waals surface area contributed by atoms with Crippen LogP contribution in [-0.4, -0.2) is 15.0 Å². The van der Waals surface area contributed by atoms with Gasteiger partial charge in [-0.15, -0.1) is 0 Å². The van der Waals surface area contributed by atoms with E-state index in [1.807, 2.05) is 42.5 Å². The molecule has 0 radical (unpaired) electrons. The molecule has 238 valence electrons. The number of furan rings is 1. The van der Waals surface area contributed by atoms with Crippen molar-refractivity contribution in [1.29, 1.82) is 0 Å². The molecule has 10 rings (SSSR count). The van der Waals surface area contributed by atoms with Crippen molar-refractivity contribution >= 4 is 43.5 Å². The number of fused-ring (bicyclic) bond motifs is 5. The molecule has 0 amide bonds. The van der Waals surface area contributed by atoms with Crippen LogP contribution in [0.15, 0.2) is 180 Å². The molecule has 0 spiro atoms. The zero-order valence-corrected chi connectivity index (χ0v) is 27.5. The molecule has 0 aliphatic rings. The van der Waals surface area contributed by atoms with Gasteiger partial charge in [-0.25, -0.2) is 15.0 Å². The summed E-state index contributed by atoms with van der Waals surface area (Å²) in [6.07, 6.45) is 0. The number of benzene rings is 8. The van der Waals surface area contributed by atoms with Crippen LogP contribution in [0.3, 0.4) is 0 Å². The van der Waals surface area contributed by atoms with E-state index in [-0.39, 0.29) is 0 Å². The maximum Gasteiger partial charge on any atom is 0.164 e. The fourth-order valence-corrected chi connectivity index (χ4v) is 7.18. The SMILES string of the molecule is c1ccc(-c2ccc3ccc(-c4ccc5oc6cccc(-c7nc(-c8ccccc8)nc(-c8cccc9ccccc89)n7)c6c5c4)cc3c2)cc1. The molecule has 4 nitrogen and oxygen atoms in total. The first kappa shape index (κ1) is 29.0. The van der Waals surface area contributed by atoms with Crippen LogP contribution in [0.1, 0.15) is 0 Å². The molecule has 0 saturated carbocycles. The lowest BCUT2D eigenvalue weighted by Crippen LogP contribution is -2.00. The van der Waals surface area contributed by atoms with Crippen LogP contribution >= 0.6 is 0 Å². The third kappa shape index (κ3) is 5.13. The third-order valence-electron chi connectivity index (χ3n) is 9.71. The first-order chi connectivity index (χ1) is 25.2. The molecular weight excluding hydrogens is 623 g/mol. The van der Waals surface area contributed by atoms with Crippen molar-refractivity contribution in [3.05, 3.63) is 176 Å². The van der Waals surface area contributed by atoms with Crippen LogP contribution in [0, 0.1) is 0 Å². The van der Waals surface area contributed by atoms with Crippen molar-refractivity contribution in [2.75, 3.05) is 0 Å². The highest BCUT2D eigenvalue weighted by Gasteiger charge is 2.19. The van der Waals surface area contributed by atoms with E-state index >= 15 is 0 Å². The Balaban J connectivity index is 1.15. The summed E-state index contributed by atoms with van der Waals surface area (Å²) in [5.74, 6) is 1.86. The Morgan fingerprint density at radius 1 is 0.314 bits per heavy atom. The van der Waals surface area contributed by atoms with Crippen LogP contribution in [0.5, 0.6) is 0 Å². The minimum absolute atomic E-state index is 0.602.